The van der Waals surface area contributed by atoms with E-state index in [9.17, 15) is 14.7 Å². The number of carboxylic acid groups (broad SMARTS) is 1. The lowest BCUT2D eigenvalue weighted by molar-refractivity contribution is 0.0697. The van der Waals surface area contributed by atoms with Crippen LogP contribution >= 0.6 is 0 Å². The molecule has 10 nitrogen and oxygen atoms in total. The lowest BCUT2D eigenvalue weighted by atomic mass is 10.1. The Labute approximate surface area is 112 Å². The van der Waals surface area contributed by atoms with Crippen LogP contribution in [-0.4, -0.2) is 42.4 Å². The van der Waals surface area contributed by atoms with E-state index >= 15 is 0 Å². The molecule has 20 heavy (non-hydrogen) atoms. The van der Waals surface area contributed by atoms with Gasteiger partial charge < -0.3 is 15.5 Å². The number of urea groups is 1. The van der Waals surface area contributed by atoms with E-state index in [2.05, 4.69) is 26.0 Å². The van der Waals surface area contributed by atoms with Crippen LogP contribution in [0.1, 0.15) is 10.4 Å². The zero-order valence-electron chi connectivity index (χ0n) is 10.2. The topological polar surface area (TPSA) is 142 Å². The first kappa shape index (κ1) is 13.3. The molecule has 0 saturated carbocycles. The number of hydrogen-bond acceptors (Lipinski definition) is 6. The Kier molecular flexibility index (Phi) is 3.46. The van der Waals surface area contributed by atoms with Crippen molar-refractivity contribution in [3.05, 3.63) is 23.8 Å². The molecule has 0 radical (unpaired) electrons. The Morgan fingerprint density at radius 1 is 1.30 bits per heavy atom. The number of aromatic carboxylic acids is 1. The minimum absolute atomic E-state index is 0.0247. The molecule has 2 rings (SSSR count). The lowest BCUT2D eigenvalue weighted by Gasteiger charge is -2.08. The predicted octanol–water partition coefficient (Wildman–Crippen LogP) is 0.258. The number of aromatic hydroxyl groups is 1. The van der Waals surface area contributed by atoms with E-state index in [-0.39, 0.29) is 22.9 Å². The van der Waals surface area contributed by atoms with Gasteiger partial charge in [-0.3, -0.25) is 5.32 Å². The average molecular weight is 278 g/mol. The number of amides is 2. The van der Waals surface area contributed by atoms with E-state index in [0.717, 1.165) is 10.9 Å². The number of nitrogens with zero attached hydrogens (tertiary/aromatic N) is 4. The summed E-state index contributed by atoms with van der Waals surface area (Å²) in [4.78, 5) is 23.8. The molecule has 0 saturated heterocycles. The number of rotatable bonds is 3. The fraction of sp³-hybridized carbons (Fsp3) is 0.100. The van der Waals surface area contributed by atoms with Crippen LogP contribution in [0, 0.1) is 0 Å². The lowest BCUT2D eigenvalue weighted by Crippen LogP contribution is -2.21. The quantitative estimate of drug-likeness (QED) is 0.589. The van der Waals surface area contributed by atoms with Crippen molar-refractivity contribution >= 4 is 23.6 Å². The summed E-state index contributed by atoms with van der Waals surface area (Å²) < 4.78 is 0. The zero-order valence-corrected chi connectivity index (χ0v) is 10.2. The number of benzene rings is 1. The van der Waals surface area contributed by atoms with Crippen LogP contribution in [0.15, 0.2) is 18.2 Å². The smallest absolute Gasteiger partial charge is 0.337 e. The highest BCUT2D eigenvalue weighted by molar-refractivity contribution is 6.04. The number of hydrogen-bond donors (Lipinski definition) is 4. The Bertz CT molecular complexity index is 668. The van der Waals surface area contributed by atoms with Gasteiger partial charge in [-0.2, -0.15) is 4.80 Å². The third-order valence-corrected chi connectivity index (χ3v) is 2.22. The fourth-order valence-electron chi connectivity index (χ4n) is 1.41. The minimum Gasteiger partial charge on any atom is -0.508 e. The van der Waals surface area contributed by atoms with Gasteiger partial charge in [0.15, 0.2) is 0 Å². The summed E-state index contributed by atoms with van der Waals surface area (Å²) in [5, 5.41) is 33.6. The molecule has 0 aliphatic rings. The SMILES string of the molecule is Cn1nnc(NC(=O)Nc2ccc(O)cc2C(=O)O)n1. The summed E-state index contributed by atoms with van der Waals surface area (Å²) in [6.45, 7) is 0. The number of carbonyl (C=O) groups excluding carboxylic acids is 1. The van der Waals surface area contributed by atoms with Crippen molar-refractivity contribution in [3.8, 4) is 5.75 Å². The highest BCUT2D eigenvalue weighted by atomic mass is 16.4. The van der Waals surface area contributed by atoms with Gasteiger partial charge in [-0.05, 0) is 23.4 Å². The Balaban J connectivity index is 2.13. The molecule has 0 atom stereocenters. The molecule has 0 aliphatic carbocycles. The predicted molar refractivity (Wildman–Crippen MR) is 66.5 cm³/mol. The van der Waals surface area contributed by atoms with Crippen molar-refractivity contribution in [1.29, 1.82) is 0 Å². The number of phenolic OH excluding ortho intramolecular Hbond substituents is 1. The molecule has 0 spiro atoms. The number of carboxylic acids is 1. The van der Waals surface area contributed by atoms with E-state index in [1.165, 1.54) is 19.2 Å². The largest absolute Gasteiger partial charge is 0.508 e. The number of aromatic nitrogens is 4. The standard InChI is InChI=1S/C10H10N6O4/c1-16-14-9(13-15-16)12-10(20)11-7-3-2-5(17)4-6(7)8(18)19/h2-4,17H,1H3,(H,18,19)(H2,11,12,14,20). The summed E-state index contributed by atoms with van der Waals surface area (Å²) >= 11 is 0. The second-order valence-electron chi connectivity index (χ2n) is 3.72. The number of aryl methyl sites for hydroxylation is 1. The van der Waals surface area contributed by atoms with Crippen LogP contribution in [0.3, 0.4) is 0 Å². The molecule has 0 aliphatic heterocycles. The third-order valence-electron chi connectivity index (χ3n) is 2.22. The molecule has 1 aromatic carbocycles. The molecule has 10 heteroatoms. The minimum atomic E-state index is -1.28. The van der Waals surface area contributed by atoms with Gasteiger partial charge in [0.1, 0.15) is 5.75 Å². The normalized spacial score (nSPS) is 10.1. The highest BCUT2D eigenvalue weighted by Gasteiger charge is 2.14. The van der Waals surface area contributed by atoms with Gasteiger partial charge >= 0.3 is 12.0 Å². The second kappa shape index (κ2) is 5.22. The maximum absolute atomic E-state index is 11.7. The van der Waals surface area contributed by atoms with Gasteiger partial charge in [0, 0.05) is 0 Å². The Hall–Kier alpha value is -3.17. The number of tetrazole rings is 1. The molecular formula is C10H10N6O4. The first-order valence-electron chi connectivity index (χ1n) is 5.34. The van der Waals surface area contributed by atoms with Crippen molar-refractivity contribution in [2.45, 2.75) is 0 Å². The summed E-state index contributed by atoms with van der Waals surface area (Å²) in [6, 6.07) is 2.81. The van der Waals surface area contributed by atoms with Crippen molar-refractivity contribution in [2.24, 2.45) is 7.05 Å². The average Bonchev–Trinajstić information content (AvgIpc) is 2.76. The van der Waals surface area contributed by atoms with Gasteiger partial charge in [0.2, 0.25) is 0 Å². The van der Waals surface area contributed by atoms with Crippen LogP contribution in [0.2, 0.25) is 0 Å². The Morgan fingerprint density at radius 3 is 2.65 bits per heavy atom. The van der Waals surface area contributed by atoms with Gasteiger partial charge in [-0.15, -0.1) is 5.10 Å². The number of carbonyl (C=O) groups is 2. The summed E-state index contributed by atoms with van der Waals surface area (Å²) in [6.07, 6.45) is 0. The summed E-state index contributed by atoms with van der Waals surface area (Å²) in [7, 11) is 1.53. The fourth-order valence-corrected chi connectivity index (χ4v) is 1.41. The zero-order chi connectivity index (χ0) is 14.7. The van der Waals surface area contributed by atoms with Gasteiger partial charge in [0.25, 0.3) is 5.95 Å². The monoisotopic (exact) mass is 278 g/mol. The molecule has 0 unspecified atom stereocenters. The van der Waals surface area contributed by atoms with Crippen molar-refractivity contribution in [1.82, 2.24) is 20.2 Å². The van der Waals surface area contributed by atoms with E-state index in [1.807, 2.05) is 0 Å². The second-order valence-corrected chi connectivity index (χ2v) is 3.72. The maximum Gasteiger partial charge on any atom is 0.337 e. The number of anilines is 2. The van der Waals surface area contributed by atoms with E-state index in [4.69, 9.17) is 5.11 Å². The van der Waals surface area contributed by atoms with Crippen molar-refractivity contribution in [2.75, 3.05) is 10.6 Å². The molecule has 2 amide bonds. The van der Waals surface area contributed by atoms with Crippen LogP contribution in [0.25, 0.3) is 0 Å². The highest BCUT2D eigenvalue weighted by Crippen LogP contribution is 2.21. The molecular weight excluding hydrogens is 268 g/mol. The van der Waals surface area contributed by atoms with Crippen molar-refractivity contribution < 1.29 is 19.8 Å². The Morgan fingerprint density at radius 2 is 2.05 bits per heavy atom. The van der Waals surface area contributed by atoms with Crippen LogP contribution < -0.4 is 10.6 Å². The van der Waals surface area contributed by atoms with Crippen LogP contribution in [0.5, 0.6) is 5.75 Å². The molecule has 1 aromatic heterocycles. The summed E-state index contributed by atoms with van der Waals surface area (Å²) in [5.41, 5.74) is -0.219. The molecule has 104 valence electrons. The van der Waals surface area contributed by atoms with Gasteiger partial charge in [-0.25, -0.2) is 9.59 Å². The maximum atomic E-state index is 11.7. The van der Waals surface area contributed by atoms with Gasteiger partial charge in [-0.1, -0.05) is 5.10 Å². The molecule has 0 fully saturated rings. The van der Waals surface area contributed by atoms with E-state index in [0.29, 0.717) is 0 Å². The first-order chi connectivity index (χ1) is 9.45. The number of nitrogens with one attached hydrogen (secondary N) is 2. The first-order valence-corrected chi connectivity index (χ1v) is 5.34. The van der Waals surface area contributed by atoms with Crippen LogP contribution in [0.4, 0.5) is 16.4 Å². The molecule has 2 aromatic rings. The van der Waals surface area contributed by atoms with E-state index < -0.39 is 12.0 Å². The van der Waals surface area contributed by atoms with Crippen LogP contribution in [-0.2, 0) is 7.05 Å². The van der Waals surface area contributed by atoms with Crippen molar-refractivity contribution in [3.63, 3.8) is 0 Å². The number of phenols is 1. The molecule has 4 N–H and O–H groups in total. The third kappa shape index (κ3) is 2.98. The summed E-state index contributed by atoms with van der Waals surface area (Å²) in [5.74, 6) is -1.53. The molecule has 1 heterocycles. The van der Waals surface area contributed by atoms with Gasteiger partial charge in [0.05, 0.1) is 18.3 Å². The molecule has 0 bridgehead atoms. The van der Waals surface area contributed by atoms with E-state index in [1.54, 1.807) is 0 Å².